The Morgan fingerprint density at radius 3 is 2.53 bits per heavy atom. The van der Waals surface area contributed by atoms with Crippen LogP contribution in [0.5, 0.6) is 0 Å². The highest BCUT2D eigenvalue weighted by atomic mass is 16.2. The molecule has 17 heavy (non-hydrogen) atoms. The van der Waals surface area contributed by atoms with Crippen molar-refractivity contribution < 1.29 is 0 Å². The molecule has 0 aliphatic heterocycles. The molecule has 0 fully saturated rings. The lowest BCUT2D eigenvalue weighted by Crippen LogP contribution is -2.21. The van der Waals surface area contributed by atoms with E-state index in [2.05, 4.69) is 19.9 Å². The Morgan fingerprint density at radius 2 is 1.94 bits per heavy atom. The summed E-state index contributed by atoms with van der Waals surface area (Å²) in [5.74, 6) is 0.960. The molecule has 0 amide bonds. The lowest BCUT2D eigenvalue weighted by molar-refractivity contribution is 0.488. The number of nitrogens with one attached hydrogen (secondary N) is 3. The van der Waals surface area contributed by atoms with E-state index in [1.54, 1.807) is 0 Å². The van der Waals surface area contributed by atoms with E-state index < -0.39 is 11.2 Å². The van der Waals surface area contributed by atoms with Crippen molar-refractivity contribution in [3.63, 3.8) is 0 Å². The zero-order valence-corrected chi connectivity index (χ0v) is 9.70. The average molecular weight is 237 g/mol. The molecule has 7 heteroatoms. The highest BCUT2D eigenvalue weighted by molar-refractivity contribution is 5.68. The molecule has 0 aliphatic carbocycles. The van der Waals surface area contributed by atoms with E-state index in [0.717, 1.165) is 0 Å². The number of hydrogen-bond acceptors (Lipinski definition) is 4. The van der Waals surface area contributed by atoms with Crippen LogP contribution in [-0.2, 0) is 0 Å². The van der Waals surface area contributed by atoms with Crippen LogP contribution < -0.4 is 17.0 Å². The van der Waals surface area contributed by atoms with Gasteiger partial charge in [0.15, 0.2) is 5.65 Å². The van der Waals surface area contributed by atoms with Crippen molar-refractivity contribution in [2.45, 2.75) is 19.8 Å². The largest absolute Gasteiger partial charge is 0.336 e. The molecule has 7 nitrogen and oxygen atoms in total. The summed E-state index contributed by atoms with van der Waals surface area (Å²) in [6, 6.07) is 0. The number of aromatic nitrogens is 4. The van der Waals surface area contributed by atoms with Gasteiger partial charge in [0.25, 0.3) is 5.56 Å². The van der Waals surface area contributed by atoms with E-state index in [1.807, 2.05) is 13.8 Å². The van der Waals surface area contributed by atoms with E-state index >= 15 is 0 Å². The number of rotatable bonds is 3. The van der Waals surface area contributed by atoms with Crippen molar-refractivity contribution in [1.29, 1.82) is 0 Å². The highest BCUT2D eigenvalue weighted by Crippen LogP contribution is 2.21. The lowest BCUT2D eigenvalue weighted by Gasteiger charge is -2.15. The standard InChI is InChI=1S/C10H15N5O2/c1-4(2)5(3-11)7-12-6-8(13-7)14-10(17)15-9(6)16/h4-5H,3,11H2,1-2H3,(H3,12,13,14,15,16,17). The summed E-state index contributed by atoms with van der Waals surface area (Å²) in [4.78, 5) is 34.4. The third kappa shape index (κ3) is 2.01. The van der Waals surface area contributed by atoms with Crippen molar-refractivity contribution in [3.8, 4) is 0 Å². The summed E-state index contributed by atoms with van der Waals surface area (Å²) in [6.45, 7) is 4.48. The second-order valence-corrected chi connectivity index (χ2v) is 4.34. The van der Waals surface area contributed by atoms with Crippen molar-refractivity contribution in [2.24, 2.45) is 11.7 Å². The molecule has 0 spiro atoms. The minimum absolute atomic E-state index is 0.0327. The lowest BCUT2D eigenvalue weighted by atomic mass is 9.95. The predicted molar refractivity (Wildman–Crippen MR) is 64.0 cm³/mol. The van der Waals surface area contributed by atoms with Crippen LogP contribution in [0.25, 0.3) is 11.2 Å². The Kier molecular flexibility index (Phi) is 2.84. The molecule has 2 rings (SSSR count). The maximum atomic E-state index is 11.5. The SMILES string of the molecule is CC(C)C(CN)c1nc2[nH]c(=O)[nH]c(=O)c2[nH]1. The van der Waals surface area contributed by atoms with Gasteiger partial charge in [-0.3, -0.25) is 14.8 Å². The first-order chi connectivity index (χ1) is 8.02. The second-order valence-electron chi connectivity index (χ2n) is 4.34. The fourth-order valence-corrected chi connectivity index (χ4v) is 1.83. The van der Waals surface area contributed by atoms with E-state index in [4.69, 9.17) is 5.73 Å². The molecule has 2 heterocycles. The van der Waals surface area contributed by atoms with Crippen LogP contribution in [0.1, 0.15) is 25.6 Å². The topological polar surface area (TPSA) is 120 Å². The number of aromatic amines is 3. The molecular weight excluding hydrogens is 222 g/mol. The maximum Gasteiger partial charge on any atom is 0.327 e. The molecular formula is C10H15N5O2. The number of H-pyrrole nitrogens is 3. The van der Waals surface area contributed by atoms with Gasteiger partial charge in [-0.05, 0) is 5.92 Å². The van der Waals surface area contributed by atoms with E-state index in [0.29, 0.717) is 18.3 Å². The van der Waals surface area contributed by atoms with Gasteiger partial charge in [-0.25, -0.2) is 9.78 Å². The monoisotopic (exact) mass is 237 g/mol. The first kappa shape index (κ1) is 11.6. The molecule has 1 atom stereocenters. The molecule has 5 N–H and O–H groups in total. The zero-order valence-electron chi connectivity index (χ0n) is 9.70. The Hall–Kier alpha value is -1.89. The first-order valence-corrected chi connectivity index (χ1v) is 5.45. The van der Waals surface area contributed by atoms with E-state index in [1.165, 1.54) is 0 Å². The molecule has 1 unspecified atom stereocenters. The summed E-state index contributed by atoms with van der Waals surface area (Å²) < 4.78 is 0. The van der Waals surface area contributed by atoms with Gasteiger partial charge in [0.1, 0.15) is 11.3 Å². The molecule has 0 saturated carbocycles. The van der Waals surface area contributed by atoms with Gasteiger partial charge in [0.05, 0.1) is 0 Å². The molecule has 0 aliphatic rings. The number of nitrogens with zero attached hydrogens (tertiary/aromatic N) is 1. The van der Waals surface area contributed by atoms with Crippen molar-refractivity contribution in [3.05, 3.63) is 26.7 Å². The molecule has 0 saturated heterocycles. The van der Waals surface area contributed by atoms with Crippen molar-refractivity contribution in [2.75, 3.05) is 6.54 Å². The number of imidazole rings is 1. The Labute approximate surface area is 96.5 Å². The molecule has 0 radical (unpaired) electrons. The molecule has 92 valence electrons. The van der Waals surface area contributed by atoms with Gasteiger partial charge in [0, 0.05) is 12.5 Å². The van der Waals surface area contributed by atoms with E-state index in [9.17, 15) is 9.59 Å². The van der Waals surface area contributed by atoms with Crippen LogP contribution in [0.3, 0.4) is 0 Å². The van der Waals surface area contributed by atoms with E-state index in [-0.39, 0.29) is 17.1 Å². The van der Waals surface area contributed by atoms with Gasteiger partial charge < -0.3 is 10.7 Å². The van der Waals surface area contributed by atoms with Gasteiger partial charge >= 0.3 is 5.69 Å². The van der Waals surface area contributed by atoms with Gasteiger partial charge in [-0.2, -0.15) is 0 Å². The minimum atomic E-state index is -0.561. The summed E-state index contributed by atoms with van der Waals surface area (Å²) in [6.07, 6.45) is 0. The summed E-state index contributed by atoms with van der Waals surface area (Å²) in [7, 11) is 0. The zero-order chi connectivity index (χ0) is 12.6. The normalized spacial score (nSPS) is 13.4. The quantitative estimate of drug-likeness (QED) is 0.582. The fourth-order valence-electron chi connectivity index (χ4n) is 1.83. The van der Waals surface area contributed by atoms with Crippen LogP contribution in [0, 0.1) is 5.92 Å². The number of hydrogen-bond donors (Lipinski definition) is 4. The van der Waals surface area contributed by atoms with Crippen LogP contribution in [0.4, 0.5) is 0 Å². The smallest absolute Gasteiger partial charge is 0.327 e. The minimum Gasteiger partial charge on any atom is -0.336 e. The first-order valence-electron chi connectivity index (χ1n) is 5.45. The maximum absolute atomic E-state index is 11.5. The number of nitrogens with two attached hydrogens (primary N) is 1. The summed E-state index contributed by atoms with van der Waals surface area (Å²) in [5.41, 5.74) is 5.19. The second kappa shape index (κ2) is 4.17. The molecule has 0 aromatic carbocycles. The average Bonchev–Trinajstić information content (AvgIpc) is 2.61. The highest BCUT2D eigenvalue weighted by Gasteiger charge is 2.19. The molecule has 2 aromatic heterocycles. The summed E-state index contributed by atoms with van der Waals surface area (Å²) >= 11 is 0. The van der Waals surface area contributed by atoms with Crippen molar-refractivity contribution in [1.82, 2.24) is 19.9 Å². The van der Waals surface area contributed by atoms with Crippen LogP contribution in [0.15, 0.2) is 9.59 Å². The van der Waals surface area contributed by atoms with Gasteiger partial charge in [-0.15, -0.1) is 0 Å². The Bertz CT molecular complexity index is 636. The van der Waals surface area contributed by atoms with Crippen LogP contribution in [-0.4, -0.2) is 26.5 Å². The Balaban J connectivity index is 2.62. The van der Waals surface area contributed by atoms with Crippen LogP contribution in [0.2, 0.25) is 0 Å². The Morgan fingerprint density at radius 1 is 1.24 bits per heavy atom. The molecule has 2 aromatic rings. The van der Waals surface area contributed by atoms with Gasteiger partial charge in [0.2, 0.25) is 0 Å². The van der Waals surface area contributed by atoms with Crippen molar-refractivity contribution >= 4 is 11.2 Å². The third-order valence-electron chi connectivity index (χ3n) is 2.82. The third-order valence-corrected chi connectivity index (χ3v) is 2.82. The summed E-state index contributed by atoms with van der Waals surface area (Å²) in [5, 5.41) is 0. The number of fused-ring (bicyclic) bond motifs is 1. The molecule has 0 bridgehead atoms. The van der Waals surface area contributed by atoms with Gasteiger partial charge in [-0.1, -0.05) is 13.8 Å². The predicted octanol–water partition coefficient (Wildman–Crippen LogP) is -0.362. The fraction of sp³-hybridized carbons (Fsp3) is 0.500. The van der Waals surface area contributed by atoms with Crippen LogP contribution >= 0.6 is 0 Å².